The number of ether oxygens (including phenoxy) is 2. The van der Waals surface area contributed by atoms with Gasteiger partial charge in [-0.05, 0) is 75.8 Å². The summed E-state index contributed by atoms with van der Waals surface area (Å²) < 4.78 is 68.7. The Labute approximate surface area is 265 Å². The van der Waals surface area contributed by atoms with Crippen LogP contribution in [-0.2, 0) is 15.8 Å². The molecular weight excluding hydrogens is 622 g/mol. The summed E-state index contributed by atoms with van der Waals surface area (Å²) in [6.07, 6.45) is 3.79. The standard InChI is InChI=1S/C33H31F4N5O5/c1-15-22(34)8-7-20(25(15)35)27-28-21(32(2,14-46-28)30(38)44)11-24(40-27)33(45,18-3-4-18)13-39-29(43)16-9-17-12-42(31(36)37)41-26(17)23(10-16)47-19-5-6-19/h7-12,18-19,31,45H,3-6,13-14H2,1-2H3,(H2,38,44)(H,39,43)/t32-,33+/m0/s1. The van der Waals surface area contributed by atoms with Crippen LogP contribution in [-0.4, -0.2) is 50.9 Å². The molecule has 2 saturated carbocycles. The minimum Gasteiger partial charge on any atom is -0.489 e. The second-order valence-corrected chi connectivity index (χ2v) is 12.7. The molecule has 2 amide bonds. The van der Waals surface area contributed by atoms with E-state index < -0.39 is 41.0 Å². The SMILES string of the molecule is Cc1c(F)ccc(-c2nc([C@@](O)(CNC(=O)c3cc(OC4CC4)c4nn(C(F)F)cc4c3)C3CC3)cc3c2OC[C@]3(C)C(N)=O)c1F. The number of rotatable bonds is 10. The number of nitrogens with zero attached hydrogens (tertiary/aromatic N) is 3. The van der Waals surface area contributed by atoms with E-state index in [1.54, 1.807) is 6.92 Å². The molecular formula is C33H31F4N5O5. The number of alkyl halides is 2. The third-order valence-corrected chi connectivity index (χ3v) is 9.28. The molecule has 14 heteroatoms. The van der Waals surface area contributed by atoms with Crippen LogP contribution in [0.1, 0.15) is 66.3 Å². The Morgan fingerprint density at radius 3 is 2.62 bits per heavy atom. The van der Waals surface area contributed by atoms with Crippen molar-refractivity contribution in [2.24, 2.45) is 11.7 Å². The number of carbonyl (C=O) groups is 2. The molecule has 0 saturated heterocycles. The van der Waals surface area contributed by atoms with Crippen molar-refractivity contribution in [1.82, 2.24) is 20.1 Å². The van der Waals surface area contributed by atoms with E-state index in [1.807, 2.05) is 0 Å². The first-order valence-corrected chi connectivity index (χ1v) is 15.2. The number of fused-ring (bicyclic) bond motifs is 2. The average Bonchev–Trinajstić information content (AvgIpc) is 3.98. The maximum Gasteiger partial charge on any atom is 0.333 e. The van der Waals surface area contributed by atoms with Crippen molar-refractivity contribution in [2.75, 3.05) is 13.2 Å². The topological polar surface area (TPSA) is 142 Å². The molecule has 1 aliphatic heterocycles. The van der Waals surface area contributed by atoms with Gasteiger partial charge in [0, 0.05) is 33.8 Å². The Morgan fingerprint density at radius 2 is 1.96 bits per heavy atom. The van der Waals surface area contributed by atoms with Crippen molar-refractivity contribution in [3.05, 3.63) is 70.5 Å². The molecule has 47 heavy (non-hydrogen) atoms. The number of hydrogen-bond donors (Lipinski definition) is 3. The van der Waals surface area contributed by atoms with Gasteiger partial charge in [0.1, 0.15) is 52.0 Å². The zero-order chi connectivity index (χ0) is 33.4. The van der Waals surface area contributed by atoms with Crippen LogP contribution in [0.2, 0.25) is 0 Å². The summed E-state index contributed by atoms with van der Waals surface area (Å²) in [7, 11) is 0. The predicted octanol–water partition coefficient (Wildman–Crippen LogP) is 4.78. The van der Waals surface area contributed by atoms with Crippen LogP contribution in [0.4, 0.5) is 17.6 Å². The molecule has 0 bridgehead atoms. The summed E-state index contributed by atoms with van der Waals surface area (Å²) in [6, 6.07) is 6.62. The van der Waals surface area contributed by atoms with Gasteiger partial charge in [-0.1, -0.05) is 0 Å². The molecule has 2 aromatic carbocycles. The van der Waals surface area contributed by atoms with Gasteiger partial charge in [0.05, 0.1) is 18.3 Å². The molecule has 2 aromatic heterocycles. The Bertz CT molecular complexity index is 1960. The van der Waals surface area contributed by atoms with Crippen molar-refractivity contribution in [2.45, 2.75) is 63.2 Å². The maximum atomic E-state index is 15.5. The molecule has 2 atom stereocenters. The van der Waals surface area contributed by atoms with E-state index in [-0.39, 0.29) is 81.2 Å². The number of aliphatic hydroxyl groups is 1. The number of carbonyl (C=O) groups excluding carboxylic acids is 2. The minimum atomic E-state index is -2.89. The molecule has 2 fully saturated rings. The zero-order valence-corrected chi connectivity index (χ0v) is 25.4. The van der Waals surface area contributed by atoms with E-state index in [9.17, 15) is 27.9 Å². The van der Waals surface area contributed by atoms with Gasteiger partial charge in [0.2, 0.25) is 5.91 Å². The first-order valence-electron chi connectivity index (χ1n) is 15.2. The van der Waals surface area contributed by atoms with Crippen molar-refractivity contribution in [1.29, 1.82) is 0 Å². The van der Waals surface area contributed by atoms with E-state index >= 15 is 4.39 Å². The Hall–Kier alpha value is -4.72. The Balaban J connectivity index is 1.27. The lowest BCUT2D eigenvalue weighted by atomic mass is 9.81. The van der Waals surface area contributed by atoms with Gasteiger partial charge in [-0.15, -0.1) is 0 Å². The van der Waals surface area contributed by atoms with Crippen molar-refractivity contribution >= 4 is 22.7 Å². The molecule has 4 N–H and O–H groups in total. The molecule has 4 aromatic rings. The summed E-state index contributed by atoms with van der Waals surface area (Å²) in [5.41, 5.74) is 2.85. The number of hydrogen-bond acceptors (Lipinski definition) is 7. The van der Waals surface area contributed by atoms with Crippen LogP contribution >= 0.6 is 0 Å². The zero-order valence-electron chi connectivity index (χ0n) is 25.4. The van der Waals surface area contributed by atoms with Crippen molar-refractivity contribution in [3.8, 4) is 22.8 Å². The molecule has 10 nitrogen and oxygen atoms in total. The number of benzene rings is 2. The number of pyridine rings is 1. The molecule has 3 heterocycles. The molecule has 0 unspecified atom stereocenters. The smallest absolute Gasteiger partial charge is 0.333 e. The number of nitrogens with one attached hydrogen (secondary N) is 1. The summed E-state index contributed by atoms with van der Waals surface area (Å²) in [6.45, 7) is -0.549. The first-order chi connectivity index (χ1) is 22.3. The van der Waals surface area contributed by atoms with Gasteiger partial charge in [0.15, 0.2) is 0 Å². The van der Waals surface area contributed by atoms with Crippen LogP contribution in [0.15, 0.2) is 36.5 Å². The van der Waals surface area contributed by atoms with E-state index in [4.69, 9.17) is 15.2 Å². The van der Waals surface area contributed by atoms with Crippen molar-refractivity contribution in [3.63, 3.8) is 0 Å². The van der Waals surface area contributed by atoms with E-state index in [1.165, 1.54) is 31.2 Å². The number of primary amides is 1. The highest BCUT2D eigenvalue weighted by Crippen LogP contribution is 2.50. The number of aromatic nitrogens is 3. The molecule has 0 spiro atoms. The third-order valence-electron chi connectivity index (χ3n) is 9.28. The highest BCUT2D eigenvalue weighted by molar-refractivity contribution is 6.00. The fraction of sp³-hybridized carbons (Fsp3) is 0.394. The molecule has 0 radical (unpaired) electrons. The fourth-order valence-corrected chi connectivity index (χ4v) is 5.97. The summed E-state index contributed by atoms with van der Waals surface area (Å²) in [4.78, 5) is 30.8. The monoisotopic (exact) mass is 653 g/mol. The number of amides is 2. The van der Waals surface area contributed by atoms with Crippen LogP contribution < -0.4 is 20.5 Å². The van der Waals surface area contributed by atoms with Gasteiger partial charge in [-0.3, -0.25) is 9.59 Å². The van der Waals surface area contributed by atoms with Gasteiger partial charge in [-0.2, -0.15) is 13.9 Å². The largest absolute Gasteiger partial charge is 0.489 e. The van der Waals surface area contributed by atoms with E-state index in [0.717, 1.165) is 25.1 Å². The molecule has 3 aliphatic rings. The summed E-state index contributed by atoms with van der Waals surface area (Å²) in [5.74, 6) is -3.06. The number of nitrogens with two attached hydrogens (primary N) is 1. The average molecular weight is 654 g/mol. The minimum absolute atomic E-state index is 0.0415. The molecule has 2 aliphatic carbocycles. The maximum absolute atomic E-state index is 15.5. The highest BCUT2D eigenvalue weighted by Gasteiger charge is 2.50. The van der Waals surface area contributed by atoms with Gasteiger partial charge in [0.25, 0.3) is 5.91 Å². The quantitative estimate of drug-likeness (QED) is 0.209. The van der Waals surface area contributed by atoms with Crippen LogP contribution in [0.25, 0.3) is 22.2 Å². The normalized spacial score (nSPS) is 20.2. The lowest BCUT2D eigenvalue weighted by Gasteiger charge is -2.30. The third kappa shape index (κ3) is 5.24. The first kappa shape index (κ1) is 30.9. The van der Waals surface area contributed by atoms with Crippen LogP contribution in [0.5, 0.6) is 11.5 Å². The van der Waals surface area contributed by atoms with E-state index in [0.29, 0.717) is 17.5 Å². The Kier molecular flexibility index (Phi) is 7.19. The second-order valence-electron chi connectivity index (χ2n) is 12.7. The van der Waals surface area contributed by atoms with Gasteiger partial charge < -0.3 is 25.6 Å². The Morgan fingerprint density at radius 1 is 1.21 bits per heavy atom. The fourth-order valence-electron chi connectivity index (χ4n) is 5.97. The molecule has 246 valence electrons. The summed E-state index contributed by atoms with van der Waals surface area (Å²) >= 11 is 0. The van der Waals surface area contributed by atoms with Crippen LogP contribution in [0.3, 0.4) is 0 Å². The van der Waals surface area contributed by atoms with E-state index in [2.05, 4.69) is 15.4 Å². The highest BCUT2D eigenvalue weighted by atomic mass is 19.3. The van der Waals surface area contributed by atoms with Gasteiger partial charge in [-0.25, -0.2) is 18.4 Å². The lowest BCUT2D eigenvalue weighted by Crippen LogP contribution is -2.44. The summed E-state index contributed by atoms with van der Waals surface area (Å²) in [5, 5.41) is 19.1. The second kappa shape index (κ2) is 10.9. The molecule has 7 rings (SSSR count). The van der Waals surface area contributed by atoms with Gasteiger partial charge >= 0.3 is 6.55 Å². The van der Waals surface area contributed by atoms with Crippen molar-refractivity contribution < 1.29 is 41.7 Å². The van der Waals surface area contributed by atoms with Crippen LogP contribution in [0, 0.1) is 24.5 Å². The predicted molar refractivity (Wildman–Crippen MR) is 160 cm³/mol. The lowest BCUT2D eigenvalue weighted by molar-refractivity contribution is -0.123. The number of halogens is 4.